The number of carbonyl (C=O) groups excluding carboxylic acids is 2. The Morgan fingerprint density at radius 1 is 1.16 bits per heavy atom. The molecule has 0 unspecified atom stereocenters. The Labute approximate surface area is 182 Å². The number of fused-ring (bicyclic) bond motifs is 2. The maximum Gasteiger partial charge on any atom is 0.261 e. The lowest BCUT2D eigenvalue weighted by Crippen LogP contribution is -2.51. The van der Waals surface area contributed by atoms with Gasteiger partial charge in [-0.05, 0) is 56.8 Å². The first-order valence-electron chi connectivity index (χ1n) is 11.2. The molecule has 3 heterocycles. The minimum atomic E-state index is -0.378. The molecule has 8 heteroatoms. The van der Waals surface area contributed by atoms with E-state index in [2.05, 4.69) is 15.2 Å². The molecule has 2 fully saturated rings. The second-order valence-electron chi connectivity index (χ2n) is 8.75. The number of amides is 2. The predicted molar refractivity (Wildman–Crippen MR) is 119 cm³/mol. The Morgan fingerprint density at radius 2 is 1.97 bits per heavy atom. The molecule has 31 heavy (non-hydrogen) atoms. The van der Waals surface area contributed by atoms with E-state index in [0.29, 0.717) is 22.9 Å². The normalized spacial score (nSPS) is 21.5. The zero-order chi connectivity index (χ0) is 21.8. The van der Waals surface area contributed by atoms with Crippen LogP contribution >= 0.6 is 0 Å². The van der Waals surface area contributed by atoms with Gasteiger partial charge in [-0.1, -0.05) is 18.6 Å². The molecule has 2 aliphatic heterocycles. The average molecular weight is 426 g/mol. The smallest absolute Gasteiger partial charge is 0.261 e. The summed E-state index contributed by atoms with van der Waals surface area (Å²) in [7, 11) is 1.81. The van der Waals surface area contributed by atoms with Crippen molar-refractivity contribution in [3.05, 3.63) is 40.9 Å². The number of piperidine rings is 2. The molecule has 0 radical (unpaired) electrons. The van der Waals surface area contributed by atoms with Crippen LogP contribution in [-0.4, -0.2) is 70.4 Å². The third kappa shape index (κ3) is 4.95. The molecule has 4 rings (SSSR count). The molecule has 1 aromatic carbocycles. The first-order valence-corrected chi connectivity index (χ1v) is 11.2. The number of para-hydroxylation sites is 1. The van der Waals surface area contributed by atoms with Crippen LogP contribution in [0.3, 0.4) is 0 Å². The van der Waals surface area contributed by atoms with Crippen molar-refractivity contribution in [3.8, 4) is 0 Å². The van der Waals surface area contributed by atoms with Crippen LogP contribution in [0.15, 0.2) is 35.4 Å². The van der Waals surface area contributed by atoms with Crippen LogP contribution in [-0.2, 0) is 16.1 Å². The molecule has 0 spiro atoms. The van der Waals surface area contributed by atoms with Gasteiger partial charge in [0, 0.05) is 19.6 Å². The molecule has 1 N–H and O–H groups in total. The van der Waals surface area contributed by atoms with Gasteiger partial charge in [0.05, 0.1) is 23.8 Å². The second kappa shape index (κ2) is 9.60. The number of benzene rings is 1. The largest absolute Gasteiger partial charge is 0.345 e. The summed E-state index contributed by atoms with van der Waals surface area (Å²) in [4.78, 5) is 46.0. The summed E-state index contributed by atoms with van der Waals surface area (Å²) in [5.41, 5.74) is 0.332. The molecular formula is C23H31N5O3. The quantitative estimate of drug-likeness (QED) is 0.752. The van der Waals surface area contributed by atoms with Gasteiger partial charge in [-0.3, -0.25) is 19.0 Å². The maximum atomic E-state index is 12.6. The van der Waals surface area contributed by atoms with E-state index >= 15 is 0 Å². The lowest BCUT2D eigenvalue weighted by molar-refractivity contribution is -0.133. The number of hydrogen-bond donors (Lipinski definition) is 1. The number of likely N-dealkylation sites (N-methyl/N-ethyl adjacent to an activating group) is 1. The van der Waals surface area contributed by atoms with Gasteiger partial charge in [-0.2, -0.15) is 0 Å². The van der Waals surface area contributed by atoms with Gasteiger partial charge in [0.2, 0.25) is 11.8 Å². The van der Waals surface area contributed by atoms with Crippen molar-refractivity contribution >= 4 is 22.7 Å². The van der Waals surface area contributed by atoms with Gasteiger partial charge >= 0.3 is 0 Å². The van der Waals surface area contributed by atoms with E-state index in [1.807, 2.05) is 13.1 Å². The minimum Gasteiger partial charge on any atom is -0.345 e. The minimum absolute atomic E-state index is 0.0633. The first-order chi connectivity index (χ1) is 15.0. The lowest BCUT2D eigenvalue weighted by Gasteiger charge is -2.45. The molecule has 2 amide bonds. The molecule has 0 aliphatic carbocycles. The number of rotatable bonds is 6. The van der Waals surface area contributed by atoms with E-state index in [0.717, 1.165) is 13.0 Å². The number of hydrogen-bond acceptors (Lipinski definition) is 5. The Kier molecular flexibility index (Phi) is 6.65. The van der Waals surface area contributed by atoms with Crippen LogP contribution in [0.4, 0.5) is 0 Å². The fourth-order valence-corrected chi connectivity index (χ4v) is 4.98. The zero-order valence-corrected chi connectivity index (χ0v) is 18.1. The molecule has 1 aromatic heterocycles. The van der Waals surface area contributed by atoms with E-state index in [4.69, 9.17) is 0 Å². The summed E-state index contributed by atoms with van der Waals surface area (Å²) in [6.45, 7) is 2.86. The van der Waals surface area contributed by atoms with Crippen molar-refractivity contribution in [1.29, 1.82) is 0 Å². The predicted octanol–water partition coefficient (Wildman–Crippen LogP) is 1.24. The fourth-order valence-electron chi connectivity index (χ4n) is 4.98. The van der Waals surface area contributed by atoms with Gasteiger partial charge in [-0.15, -0.1) is 0 Å². The summed E-state index contributed by atoms with van der Waals surface area (Å²) in [5, 5.41) is 3.12. The number of nitrogens with one attached hydrogen (secondary N) is 1. The van der Waals surface area contributed by atoms with Crippen molar-refractivity contribution in [2.24, 2.45) is 5.92 Å². The van der Waals surface area contributed by atoms with Gasteiger partial charge in [0.25, 0.3) is 5.56 Å². The van der Waals surface area contributed by atoms with Crippen molar-refractivity contribution in [1.82, 2.24) is 24.7 Å². The van der Waals surface area contributed by atoms with Crippen LogP contribution in [0.5, 0.6) is 0 Å². The monoisotopic (exact) mass is 425 g/mol. The van der Waals surface area contributed by atoms with E-state index in [-0.39, 0.29) is 30.5 Å². The topological polar surface area (TPSA) is 87.5 Å². The average Bonchev–Trinajstić information content (AvgIpc) is 2.79. The Bertz CT molecular complexity index is 1000. The summed E-state index contributed by atoms with van der Waals surface area (Å²) in [6, 6.07) is 7.61. The highest BCUT2D eigenvalue weighted by atomic mass is 16.2. The summed E-state index contributed by atoms with van der Waals surface area (Å²) < 4.78 is 1.27. The van der Waals surface area contributed by atoms with Gasteiger partial charge in [0.15, 0.2) is 0 Å². The Morgan fingerprint density at radius 3 is 2.84 bits per heavy atom. The molecule has 2 atom stereocenters. The molecule has 2 aliphatic rings. The number of aromatic nitrogens is 2. The van der Waals surface area contributed by atoms with Crippen molar-refractivity contribution in [2.45, 2.75) is 44.7 Å². The molecule has 0 saturated carbocycles. The third-order valence-corrected chi connectivity index (χ3v) is 6.65. The van der Waals surface area contributed by atoms with Crippen LogP contribution in [0, 0.1) is 5.92 Å². The molecule has 8 nitrogen and oxygen atoms in total. The molecule has 0 bridgehead atoms. The molecule has 2 aromatic rings. The SMILES string of the molecule is CN(C[C@@H]1CCCN2CCCC[C@H]12)C(=O)CNC(=O)Cn1cnc2ccccc2c1=O. The summed E-state index contributed by atoms with van der Waals surface area (Å²) in [5.74, 6) is 0.0169. The summed E-state index contributed by atoms with van der Waals surface area (Å²) in [6.07, 6.45) is 7.49. The molecule has 2 saturated heterocycles. The van der Waals surface area contributed by atoms with Crippen molar-refractivity contribution in [2.75, 3.05) is 33.2 Å². The van der Waals surface area contributed by atoms with Gasteiger partial charge in [-0.25, -0.2) is 4.98 Å². The van der Waals surface area contributed by atoms with E-state index in [9.17, 15) is 14.4 Å². The van der Waals surface area contributed by atoms with E-state index < -0.39 is 0 Å². The number of nitrogens with zero attached hydrogens (tertiary/aromatic N) is 4. The number of carbonyl (C=O) groups is 2. The van der Waals surface area contributed by atoms with E-state index in [1.165, 1.54) is 49.7 Å². The van der Waals surface area contributed by atoms with Crippen LogP contribution in [0.2, 0.25) is 0 Å². The van der Waals surface area contributed by atoms with E-state index in [1.54, 1.807) is 23.1 Å². The first kappa shape index (κ1) is 21.5. The Balaban J connectivity index is 1.28. The standard InChI is InChI=1S/C23H31N5O3/c1-26(14-17-7-6-12-27-11-5-4-10-20(17)27)22(30)13-24-21(29)15-28-16-25-19-9-3-2-8-18(19)23(28)31/h2-3,8-9,16-17,20H,4-7,10-15H2,1H3,(H,24,29)/t17-,20+/m0/s1. The fraction of sp³-hybridized carbons (Fsp3) is 0.565. The highest BCUT2D eigenvalue weighted by Gasteiger charge is 2.34. The van der Waals surface area contributed by atoms with Crippen LogP contribution in [0.1, 0.15) is 32.1 Å². The van der Waals surface area contributed by atoms with Crippen molar-refractivity contribution in [3.63, 3.8) is 0 Å². The highest BCUT2D eigenvalue weighted by Crippen LogP contribution is 2.31. The van der Waals surface area contributed by atoms with Gasteiger partial charge in [0.1, 0.15) is 6.54 Å². The second-order valence-corrected chi connectivity index (χ2v) is 8.75. The van der Waals surface area contributed by atoms with Crippen LogP contribution < -0.4 is 10.9 Å². The van der Waals surface area contributed by atoms with Gasteiger partial charge < -0.3 is 15.1 Å². The lowest BCUT2D eigenvalue weighted by atomic mass is 9.83. The van der Waals surface area contributed by atoms with Crippen LogP contribution in [0.25, 0.3) is 10.9 Å². The molecular weight excluding hydrogens is 394 g/mol. The maximum absolute atomic E-state index is 12.6. The third-order valence-electron chi connectivity index (χ3n) is 6.65. The molecule has 166 valence electrons. The highest BCUT2D eigenvalue weighted by molar-refractivity contribution is 5.84. The van der Waals surface area contributed by atoms with Crippen molar-refractivity contribution < 1.29 is 9.59 Å². The Hall–Kier alpha value is -2.74. The zero-order valence-electron chi connectivity index (χ0n) is 18.1. The summed E-state index contributed by atoms with van der Waals surface area (Å²) >= 11 is 0.